The van der Waals surface area contributed by atoms with Crippen LogP contribution in [0.25, 0.3) is 0 Å². The molecule has 0 saturated carbocycles. The maximum Gasteiger partial charge on any atom is 0.306 e. The lowest BCUT2D eigenvalue weighted by molar-refractivity contribution is -0.167. The molecule has 0 radical (unpaired) electrons. The summed E-state index contributed by atoms with van der Waals surface area (Å²) in [5.41, 5.74) is 0. The van der Waals surface area contributed by atoms with Gasteiger partial charge in [-0.25, -0.2) is 0 Å². The van der Waals surface area contributed by atoms with E-state index in [0.29, 0.717) is 19.3 Å². The van der Waals surface area contributed by atoms with E-state index in [9.17, 15) is 14.4 Å². The summed E-state index contributed by atoms with van der Waals surface area (Å²) in [6.45, 7) is 6.49. The fourth-order valence-electron chi connectivity index (χ4n) is 8.63. The van der Waals surface area contributed by atoms with Crippen LogP contribution >= 0.6 is 0 Å². The molecule has 6 nitrogen and oxygen atoms in total. The highest BCUT2D eigenvalue weighted by Crippen LogP contribution is 2.16. The molecule has 0 aliphatic rings. The molecule has 0 saturated heterocycles. The Morgan fingerprint density at radius 1 is 0.296 bits per heavy atom. The molecule has 0 aliphatic heterocycles. The number of unbranched alkanes of at least 4 members (excludes halogenated alkanes) is 32. The van der Waals surface area contributed by atoms with E-state index in [1.807, 2.05) is 0 Å². The van der Waals surface area contributed by atoms with Gasteiger partial charge in [0.05, 0.1) is 0 Å². The minimum absolute atomic E-state index is 0.0771. The Balaban J connectivity index is 4.14. The summed E-state index contributed by atoms with van der Waals surface area (Å²) in [5, 5.41) is 0. The Bertz CT molecular complexity index is 1320. The fraction of sp³-hybridized carbons (Fsp3) is 0.769. The van der Waals surface area contributed by atoms with E-state index in [1.165, 1.54) is 154 Å². The van der Waals surface area contributed by atoms with Gasteiger partial charge in [-0.1, -0.05) is 273 Å². The number of allylic oxidation sites excluding steroid dienone is 12. The molecule has 1 atom stereocenters. The standard InChI is InChI=1S/C65H114O6/c1-4-7-10-13-16-19-22-24-26-27-28-29-30-31-32-33-34-35-36-37-38-39-40-42-43-46-49-52-55-58-64(67)70-61-62(60-69-63(66)57-54-51-48-45-21-18-15-12-9-6-3)71-65(68)59-56-53-50-47-44-41-25-23-20-17-14-11-8-5-2/h7,10,14,16-17,19,23-26,28-29,62H,4-6,8-9,11-13,15,18,20-22,27,30-61H2,1-3H3/b10-7-,17-14-,19-16-,25-23-,26-24-,29-28-. The van der Waals surface area contributed by atoms with E-state index in [1.54, 1.807) is 0 Å². The van der Waals surface area contributed by atoms with Gasteiger partial charge >= 0.3 is 17.9 Å². The molecule has 0 aromatic rings. The summed E-state index contributed by atoms with van der Waals surface area (Å²) in [6, 6.07) is 0. The van der Waals surface area contributed by atoms with E-state index >= 15 is 0 Å². The first kappa shape index (κ1) is 67.8. The number of hydrogen-bond acceptors (Lipinski definition) is 6. The molecule has 0 bridgehead atoms. The zero-order chi connectivity index (χ0) is 51.4. The van der Waals surface area contributed by atoms with E-state index in [-0.39, 0.29) is 31.1 Å². The molecule has 0 rings (SSSR count). The molecule has 0 heterocycles. The highest BCUT2D eigenvalue weighted by Gasteiger charge is 2.19. The molecule has 1 unspecified atom stereocenters. The molecule has 71 heavy (non-hydrogen) atoms. The van der Waals surface area contributed by atoms with Crippen molar-refractivity contribution in [2.75, 3.05) is 13.2 Å². The Morgan fingerprint density at radius 3 is 0.901 bits per heavy atom. The molecule has 410 valence electrons. The van der Waals surface area contributed by atoms with Gasteiger partial charge < -0.3 is 14.2 Å². The van der Waals surface area contributed by atoms with Crippen LogP contribution in [0.4, 0.5) is 0 Å². The van der Waals surface area contributed by atoms with E-state index < -0.39 is 6.10 Å². The minimum atomic E-state index is -0.779. The number of carbonyl (C=O) groups is 3. The van der Waals surface area contributed by atoms with Crippen LogP contribution in [-0.4, -0.2) is 37.2 Å². The maximum absolute atomic E-state index is 12.8. The van der Waals surface area contributed by atoms with Crippen LogP contribution < -0.4 is 0 Å². The van der Waals surface area contributed by atoms with Crippen molar-refractivity contribution >= 4 is 17.9 Å². The Labute approximate surface area is 440 Å². The molecule has 0 fully saturated rings. The number of rotatable bonds is 55. The van der Waals surface area contributed by atoms with Crippen LogP contribution in [0.5, 0.6) is 0 Å². The van der Waals surface area contributed by atoms with Gasteiger partial charge in [-0.3, -0.25) is 14.4 Å². The van der Waals surface area contributed by atoms with Crippen molar-refractivity contribution in [2.45, 2.75) is 309 Å². The van der Waals surface area contributed by atoms with Gasteiger partial charge in [-0.15, -0.1) is 0 Å². The minimum Gasteiger partial charge on any atom is -0.462 e. The van der Waals surface area contributed by atoms with Crippen molar-refractivity contribution in [3.63, 3.8) is 0 Å². The van der Waals surface area contributed by atoms with Crippen molar-refractivity contribution in [1.82, 2.24) is 0 Å². The average molecular weight is 992 g/mol. The molecule has 0 aromatic heterocycles. The van der Waals surface area contributed by atoms with Crippen LogP contribution in [0.1, 0.15) is 303 Å². The molecule has 6 heteroatoms. The molecule has 0 N–H and O–H groups in total. The Kier molecular flexibility index (Phi) is 56.8. The van der Waals surface area contributed by atoms with Crippen molar-refractivity contribution in [2.24, 2.45) is 0 Å². The quantitative estimate of drug-likeness (QED) is 0.0261. The summed E-state index contributed by atoms with van der Waals surface area (Å²) >= 11 is 0. The van der Waals surface area contributed by atoms with E-state index in [2.05, 4.69) is 93.7 Å². The monoisotopic (exact) mass is 991 g/mol. The Hall–Kier alpha value is -3.15. The molecule has 0 aliphatic carbocycles. The second-order valence-electron chi connectivity index (χ2n) is 20.2. The molecule has 0 amide bonds. The lowest BCUT2D eigenvalue weighted by atomic mass is 10.0. The SMILES string of the molecule is CC/C=C\C/C=C\C/C=C\C/C=C\CCCCCCCCCCCCCCCCCCC(=O)OCC(COC(=O)CCCCCCCCCCCC)OC(=O)CCCCCCC/C=C\C/C=C\CCCC. The largest absolute Gasteiger partial charge is 0.462 e. The highest BCUT2D eigenvalue weighted by molar-refractivity contribution is 5.71. The second-order valence-corrected chi connectivity index (χ2v) is 20.2. The number of esters is 3. The highest BCUT2D eigenvalue weighted by atomic mass is 16.6. The maximum atomic E-state index is 12.8. The third-order valence-corrected chi connectivity index (χ3v) is 13.2. The molecule has 0 spiro atoms. The summed E-state index contributed by atoms with van der Waals surface area (Å²) in [4.78, 5) is 38.1. The first-order chi connectivity index (χ1) is 35.0. The van der Waals surface area contributed by atoms with Gasteiger partial charge in [0.15, 0.2) is 6.10 Å². The van der Waals surface area contributed by atoms with Gasteiger partial charge in [0.1, 0.15) is 13.2 Å². The topological polar surface area (TPSA) is 78.9 Å². The lowest BCUT2D eigenvalue weighted by Crippen LogP contribution is -2.30. The first-order valence-corrected chi connectivity index (χ1v) is 30.4. The van der Waals surface area contributed by atoms with E-state index in [4.69, 9.17) is 14.2 Å². The average Bonchev–Trinajstić information content (AvgIpc) is 3.37. The van der Waals surface area contributed by atoms with Gasteiger partial charge in [-0.2, -0.15) is 0 Å². The molecular weight excluding hydrogens is 877 g/mol. The molecule has 0 aromatic carbocycles. The van der Waals surface area contributed by atoms with Crippen molar-refractivity contribution in [3.05, 3.63) is 72.9 Å². The third kappa shape index (κ3) is 57.6. The number of carbonyl (C=O) groups excluding carboxylic acids is 3. The van der Waals surface area contributed by atoms with Gasteiger partial charge in [0.2, 0.25) is 0 Å². The Morgan fingerprint density at radius 2 is 0.563 bits per heavy atom. The fourth-order valence-corrected chi connectivity index (χ4v) is 8.63. The molecular formula is C65H114O6. The van der Waals surface area contributed by atoms with Crippen LogP contribution in [0, 0.1) is 0 Å². The summed E-state index contributed by atoms with van der Waals surface area (Å²) in [6.07, 6.45) is 76.3. The zero-order valence-corrected chi connectivity index (χ0v) is 47.0. The zero-order valence-electron chi connectivity index (χ0n) is 47.0. The van der Waals surface area contributed by atoms with Crippen LogP contribution in [0.2, 0.25) is 0 Å². The summed E-state index contributed by atoms with van der Waals surface area (Å²) in [7, 11) is 0. The van der Waals surface area contributed by atoms with Gasteiger partial charge in [0.25, 0.3) is 0 Å². The van der Waals surface area contributed by atoms with Crippen molar-refractivity contribution in [3.8, 4) is 0 Å². The van der Waals surface area contributed by atoms with Crippen LogP contribution in [-0.2, 0) is 28.6 Å². The summed E-state index contributed by atoms with van der Waals surface area (Å²) in [5.74, 6) is -0.882. The van der Waals surface area contributed by atoms with Crippen molar-refractivity contribution < 1.29 is 28.6 Å². The first-order valence-electron chi connectivity index (χ1n) is 30.4. The van der Waals surface area contributed by atoms with Crippen LogP contribution in [0.3, 0.4) is 0 Å². The third-order valence-electron chi connectivity index (χ3n) is 13.2. The van der Waals surface area contributed by atoms with Crippen LogP contribution in [0.15, 0.2) is 72.9 Å². The number of hydrogen-bond donors (Lipinski definition) is 0. The predicted octanol–water partition coefficient (Wildman–Crippen LogP) is 20.5. The smallest absolute Gasteiger partial charge is 0.306 e. The van der Waals surface area contributed by atoms with Gasteiger partial charge in [0, 0.05) is 19.3 Å². The normalized spacial score (nSPS) is 12.5. The lowest BCUT2D eigenvalue weighted by Gasteiger charge is -2.18. The predicted molar refractivity (Wildman–Crippen MR) is 307 cm³/mol. The van der Waals surface area contributed by atoms with Gasteiger partial charge in [-0.05, 0) is 83.5 Å². The van der Waals surface area contributed by atoms with E-state index in [0.717, 1.165) is 109 Å². The second kappa shape index (κ2) is 59.4. The number of ether oxygens (including phenoxy) is 3. The summed E-state index contributed by atoms with van der Waals surface area (Å²) < 4.78 is 16.8. The van der Waals surface area contributed by atoms with Crippen molar-refractivity contribution in [1.29, 1.82) is 0 Å².